The molecular weight excluding hydrogens is 264 g/mol. The number of nitrogens with one attached hydrogen (secondary N) is 2. The molecule has 0 saturated heterocycles. The molecule has 2 N–H and O–H groups in total. The number of para-hydroxylation sites is 1. The topological polar surface area (TPSA) is 54.1 Å². The Hall–Kier alpha value is -2.75. The average Bonchev–Trinajstić information content (AvgIpc) is 3.13. The molecule has 4 rings (SSSR count). The van der Waals surface area contributed by atoms with Crippen molar-refractivity contribution in [1.82, 2.24) is 4.98 Å². The summed E-state index contributed by atoms with van der Waals surface area (Å²) >= 11 is 0. The molecule has 0 atom stereocenters. The van der Waals surface area contributed by atoms with Crippen LogP contribution in [0.2, 0.25) is 0 Å². The average molecular weight is 278 g/mol. The van der Waals surface area contributed by atoms with E-state index in [9.17, 15) is 4.79 Å². The molecule has 104 valence electrons. The van der Waals surface area contributed by atoms with Crippen LogP contribution in [-0.2, 0) is 6.42 Å². The van der Waals surface area contributed by atoms with Crippen LogP contribution in [-0.4, -0.2) is 17.5 Å². The number of benzene rings is 2. The van der Waals surface area contributed by atoms with Gasteiger partial charge in [-0.3, -0.25) is 4.79 Å². The van der Waals surface area contributed by atoms with Crippen LogP contribution in [0.5, 0.6) is 5.75 Å². The number of fused-ring (bicyclic) bond motifs is 2. The van der Waals surface area contributed by atoms with Gasteiger partial charge in [0.1, 0.15) is 5.75 Å². The third-order valence-electron chi connectivity index (χ3n) is 3.78. The zero-order chi connectivity index (χ0) is 14.2. The van der Waals surface area contributed by atoms with Crippen LogP contribution in [0.15, 0.2) is 48.7 Å². The maximum atomic E-state index is 12.4. The molecule has 0 spiro atoms. The van der Waals surface area contributed by atoms with Crippen molar-refractivity contribution in [2.45, 2.75) is 6.42 Å². The van der Waals surface area contributed by atoms with Crippen LogP contribution in [0, 0.1) is 0 Å². The van der Waals surface area contributed by atoms with Gasteiger partial charge in [-0.2, -0.15) is 0 Å². The van der Waals surface area contributed by atoms with Crippen LogP contribution in [0.3, 0.4) is 0 Å². The van der Waals surface area contributed by atoms with Gasteiger partial charge in [-0.15, -0.1) is 0 Å². The SMILES string of the molecule is O=C(Nc1ccc2c(c1)CCO2)c1c[nH]c2ccccc12. The van der Waals surface area contributed by atoms with E-state index in [1.165, 1.54) is 0 Å². The van der Waals surface area contributed by atoms with Crippen molar-refractivity contribution in [1.29, 1.82) is 0 Å². The van der Waals surface area contributed by atoms with Gasteiger partial charge < -0.3 is 15.0 Å². The number of ether oxygens (including phenoxy) is 1. The minimum absolute atomic E-state index is 0.105. The highest BCUT2D eigenvalue weighted by Gasteiger charge is 2.15. The van der Waals surface area contributed by atoms with Crippen LogP contribution < -0.4 is 10.1 Å². The molecular formula is C17H14N2O2. The Kier molecular flexibility index (Phi) is 2.67. The number of rotatable bonds is 2. The number of carbonyl (C=O) groups is 1. The van der Waals surface area contributed by atoms with E-state index in [0.29, 0.717) is 5.56 Å². The van der Waals surface area contributed by atoms with Crippen molar-refractivity contribution < 1.29 is 9.53 Å². The predicted octanol–water partition coefficient (Wildman–Crippen LogP) is 3.36. The fourth-order valence-electron chi connectivity index (χ4n) is 2.72. The van der Waals surface area contributed by atoms with Crippen LogP contribution in [0.25, 0.3) is 10.9 Å². The molecule has 3 aromatic rings. The summed E-state index contributed by atoms with van der Waals surface area (Å²) in [6.45, 7) is 0.717. The van der Waals surface area contributed by atoms with Crippen molar-refractivity contribution in [3.05, 3.63) is 59.8 Å². The summed E-state index contributed by atoms with van der Waals surface area (Å²) in [5, 5.41) is 3.88. The third-order valence-corrected chi connectivity index (χ3v) is 3.78. The Morgan fingerprint density at radius 3 is 3.05 bits per heavy atom. The Bertz CT molecular complexity index is 836. The molecule has 21 heavy (non-hydrogen) atoms. The fourth-order valence-corrected chi connectivity index (χ4v) is 2.72. The molecule has 1 aliphatic heterocycles. The second kappa shape index (κ2) is 4.66. The lowest BCUT2D eigenvalue weighted by atomic mass is 10.1. The van der Waals surface area contributed by atoms with Gasteiger partial charge in [-0.1, -0.05) is 18.2 Å². The number of aromatic nitrogens is 1. The number of hydrogen-bond donors (Lipinski definition) is 2. The Morgan fingerprint density at radius 1 is 1.19 bits per heavy atom. The van der Waals surface area contributed by atoms with Gasteiger partial charge in [0, 0.05) is 29.2 Å². The highest BCUT2D eigenvalue weighted by Crippen LogP contribution is 2.28. The van der Waals surface area contributed by atoms with E-state index >= 15 is 0 Å². The summed E-state index contributed by atoms with van der Waals surface area (Å²) < 4.78 is 5.47. The van der Waals surface area contributed by atoms with Crippen molar-refractivity contribution in [2.24, 2.45) is 0 Å². The molecule has 4 heteroatoms. The standard InChI is InChI=1S/C17H14N2O2/c20-17(14-10-18-15-4-2-1-3-13(14)15)19-12-5-6-16-11(9-12)7-8-21-16/h1-6,9-10,18H,7-8H2,(H,19,20). The highest BCUT2D eigenvalue weighted by atomic mass is 16.5. The predicted molar refractivity (Wildman–Crippen MR) is 81.9 cm³/mol. The summed E-state index contributed by atoms with van der Waals surface area (Å²) in [6, 6.07) is 13.5. The Morgan fingerprint density at radius 2 is 2.10 bits per heavy atom. The summed E-state index contributed by atoms with van der Waals surface area (Å²) in [4.78, 5) is 15.5. The van der Waals surface area contributed by atoms with Gasteiger partial charge in [0.05, 0.1) is 12.2 Å². The first-order valence-electron chi connectivity index (χ1n) is 6.94. The number of hydrogen-bond acceptors (Lipinski definition) is 2. The van der Waals surface area contributed by atoms with E-state index in [1.54, 1.807) is 6.20 Å². The molecule has 0 radical (unpaired) electrons. The summed E-state index contributed by atoms with van der Waals surface area (Å²) in [5.74, 6) is 0.811. The van der Waals surface area contributed by atoms with Gasteiger partial charge >= 0.3 is 0 Å². The zero-order valence-corrected chi connectivity index (χ0v) is 11.3. The van der Waals surface area contributed by atoms with Crippen LogP contribution in [0.4, 0.5) is 5.69 Å². The molecule has 0 bridgehead atoms. The van der Waals surface area contributed by atoms with Gasteiger partial charge in [-0.05, 0) is 29.8 Å². The van der Waals surface area contributed by atoms with Crippen LogP contribution in [0.1, 0.15) is 15.9 Å². The van der Waals surface area contributed by atoms with E-state index < -0.39 is 0 Å². The number of anilines is 1. The quantitative estimate of drug-likeness (QED) is 0.755. The largest absolute Gasteiger partial charge is 0.493 e. The van der Waals surface area contributed by atoms with Crippen molar-refractivity contribution in [3.8, 4) is 5.75 Å². The smallest absolute Gasteiger partial charge is 0.257 e. The van der Waals surface area contributed by atoms with E-state index in [-0.39, 0.29) is 5.91 Å². The lowest BCUT2D eigenvalue weighted by Gasteiger charge is -2.06. The molecule has 2 aromatic carbocycles. The second-order valence-electron chi connectivity index (χ2n) is 5.12. The maximum Gasteiger partial charge on any atom is 0.257 e. The van der Waals surface area contributed by atoms with E-state index in [1.807, 2.05) is 42.5 Å². The molecule has 0 aliphatic carbocycles. The number of amides is 1. The van der Waals surface area contributed by atoms with E-state index in [2.05, 4.69) is 10.3 Å². The van der Waals surface area contributed by atoms with E-state index in [4.69, 9.17) is 4.74 Å². The minimum atomic E-state index is -0.105. The molecule has 0 fully saturated rings. The lowest BCUT2D eigenvalue weighted by molar-refractivity contribution is 0.102. The molecule has 0 saturated carbocycles. The second-order valence-corrected chi connectivity index (χ2v) is 5.12. The van der Waals surface area contributed by atoms with Gasteiger partial charge in [0.25, 0.3) is 5.91 Å². The van der Waals surface area contributed by atoms with E-state index in [0.717, 1.165) is 40.9 Å². The summed E-state index contributed by atoms with van der Waals surface area (Å²) in [6.07, 6.45) is 2.64. The monoisotopic (exact) mass is 278 g/mol. The first-order chi connectivity index (χ1) is 10.3. The Balaban J connectivity index is 1.63. The summed E-state index contributed by atoms with van der Waals surface area (Å²) in [7, 11) is 0. The lowest BCUT2D eigenvalue weighted by Crippen LogP contribution is -2.11. The molecule has 1 amide bonds. The molecule has 1 aromatic heterocycles. The molecule has 2 heterocycles. The van der Waals surface area contributed by atoms with Crippen molar-refractivity contribution in [3.63, 3.8) is 0 Å². The zero-order valence-electron chi connectivity index (χ0n) is 11.3. The molecule has 1 aliphatic rings. The van der Waals surface area contributed by atoms with Crippen molar-refractivity contribution in [2.75, 3.05) is 11.9 Å². The molecule has 0 unspecified atom stereocenters. The number of carbonyl (C=O) groups excluding carboxylic acids is 1. The highest BCUT2D eigenvalue weighted by molar-refractivity contribution is 6.12. The van der Waals surface area contributed by atoms with Gasteiger partial charge in [-0.25, -0.2) is 0 Å². The van der Waals surface area contributed by atoms with Gasteiger partial charge in [0.2, 0.25) is 0 Å². The number of H-pyrrole nitrogens is 1. The first-order valence-corrected chi connectivity index (χ1v) is 6.94. The third kappa shape index (κ3) is 2.05. The Labute approximate surface area is 121 Å². The minimum Gasteiger partial charge on any atom is -0.493 e. The first kappa shape index (κ1) is 12.0. The van der Waals surface area contributed by atoms with Gasteiger partial charge in [0.15, 0.2) is 0 Å². The maximum absolute atomic E-state index is 12.4. The summed E-state index contributed by atoms with van der Waals surface area (Å²) in [5.41, 5.74) is 3.56. The normalized spacial score (nSPS) is 13.0. The fraction of sp³-hybridized carbons (Fsp3) is 0.118. The van der Waals surface area contributed by atoms with Crippen LogP contribution >= 0.6 is 0 Å². The number of aromatic amines is 1. The molecule has 4 nitrogen and oxygen atoms in total. The van der Waals surface area contributed by atoms with Crippen molar-refractivity contribution >= 4 is 22.5 Å².